The van der Waals surface area contributed by atoms with Gasteiger partial charge in [0.15, 0.2) is 5.15 Å². The number of aromatic nitrogens is 3. The van der Waals surface area contributed by atoms with Gasteiger partial charge in [0.25, 0.3) is 0 Å². The molecule has 4 rings (SSSR count). The number of aliphatic imine (C=N–C) groups is 1. The number of rotatable bonds is 4. The Labute approximate surface area is 244 Å². The first-order valence-corrected chi connectivity index (χ1v) is 13.4. The molecule has 10 nitrogen and oxygen atoms in total. The number of urea groups is 1. The fourth-order valence-corrected chi connectivity index (χ4v) is 5.02. The van der Waals surface area contributed by atoms with E-state index in [2.05, 4.69) is 25.3 Å². The number of hydrogen-bond donors (Lipinski definition) is 2. The van der Waals surface area contributed by atoms with E-state index in [1.54, 1.807) is 24.0 Å². The molecular formula is C26H25Cl3FN7O3. The van der Waals surface area contributed by atoms with Gasteiger partial charge in [0.1, 0.15) is 28.8 Å². The van der Waals surface area contributed by atoms with Gasteiger partial charge in [0, 0.05) is 31.2 Å². The third-order valence-corrected chi connectivity index (χ3v) is 7.15. The third kappa shape index (κ3) is 6.27. The summed E-state index contributed by atoms with van der Waals surface area (Å²) < 4.78 is 14.5. The van der Waals surface area contributed by atoms with Gasteiger partial charge in [-0.15, -0.1) is 0 Å². The van der Waals surface area contributed by atoms with E-state index in [-0.39, 0.29) is 69.2 Å². The highest BCUT2D eigenvalue weighted by Gasteiger charge is 2.31. The Balaban J connectivity index is 1.79. The number of benzene rings is 1. The van der Waals surface area contributed by atoms with Crippen molar-refractivity contribution in [3.63, 3.8) is 0 Å². The highest BCUT2D eigenvalue weighted by Crippen LogP contribution is 2.33. The summed E-state index contributed by atoms with van der Waals surface area (Å²) in [5.74, 6) is -0.504. The summed E-state index contributed by atoms with van der Waals surface area (Å²) in [4.78, 5) is 44.7. The summed E-state index contributed by atoms with van der Waals surface area (Å²) in [6, 6.07) is 6.24. The fourth-order valence-electron chi connectivity index (χ4n) is 4.35. The lowest BCUT2D eigenvalue weighted by molar-refractivity contribution is 0.106. The molecule has 1 aliphatic rings. The van der Waals surface area contributed by atoms with Crippen LogP contribution in [0, 0.1) is 5.82 Å². The normalized spacial score (nSPS) is 15.9. The smallest absolute Gasteiger partial charge is 0.407 e. The molecule has 0 bridgehead atoms. The first kappa shape index (κ1) is 29.4. The van der Waals surface area contributed by atoms with Crippen molar-refractivity contribution in [1.82, 2.24) is 24.8 Å². The van der Waals surface area contributed by atoms with E-state index in [0.29, 0.717) is 5.69 Å². The topological polar surface area (TPSA) is 124 Å². The molecule has 3 amide bonds. The molecular weight excluding hydrogens is 584 g/mol. The monoisotopic (exact) mass is 607 g/mol. The van der Waals surface area contributed by atoms with E-state index >= 15 is 0 Å². The number of amidine groups is 1. The van der Waals surface area contributed by atoms with Crippen LogP contribution >= 0.6 is 34.8 Å². The number of carbonyl (C=O) groups excluding carboxylic acids is 1. The Hall–Kier alpha value is -3.54. The van der Waals surface area contributed by atoms with Gasteiger partial charge in [-0.3, -0.25) is 0 Å². The first-order valence-electron chi connectivity index (χ1n) is 12.2. The van der Waals surface area contributed by atoms with Gasteiger partial charge in [-0.05, 0) is 31.0 Å². The minimum Gasteiger partial charge on any atom is -0.465 e. The molecule has 0 saturated carbocycles. The van der Waals surface area contributed by atoms with Crippen molar-refractivity contribution in [2.24, 2.45) is 4.99 Å². The number of amides is 3. The molecule has 14 heteroatoms. The molecule has 1 aromatic carbocycles. The van der Waals surface area contributed by atoms with E-state index < -0.39 is 24.0 Å². The van der Waals surface area contributed by atoms with Gasteiger partial charge < -0.3 is 20.2 Å². The van der Waals surface area contributed by atoms with Gasteiger partial charge in [-0.2, -0.15) is 4.99 Å². The third-order valence-electron chi connectivity index (χ3n) is 6.29. The molecule has 1 unspecified atom stereocenters. The molecule has 1 aliphatic heterocycles. The lowest BCUT2D eigenvalue weighted by Gasteiger charge is -2.40. The number of piperazine rings is 1. The zero-order valence-corrected chi connectivity index (χ0v) is 24.0. The molecule has 210 valence electrons. The summed E-state index contributed by atoms with van der Waals surface area (Å²) in [7, 11) is 0. The van der Waals surface area contributed by atoms with Crippen LogP contribution in [-0.2, 0) is 0 Å². The van der Waals surface area contributed by atoms with Crippen LogP contribution in [0.15, 0.2) is 41.7 Å². The molecule has 40 heavy (non-hydrogen) atoms. The maximum Gasteiger partial charge on any atom is 0.407 e. The molecule has 3 aromatic rings. The summed E-state index contributed by atoms with van der Waals surface area (Å²) in [5.41, 5.74) is 1.21. The maximum absolute atomic E-state index is 14.5. The summed E-state index contributed by atoms with van der Waals surface area (Å²) in [6.45, 7) is 6.07. The van der Waals surface area contributed by atoms with Crippen molar-refractivity contribution in [3.05, 3.63) is 69.1 Å². The van der Waals surface area contributed by atoms with Crippen molar-refractivity contribution in [3.8, 4) is 11.3 Å². The second-order valence-corrected chi connectivity index (χ2v) is 10.5. The number of carboxylic acid groups (broad SMARTS) is 1. The van der Waals surface area contributed by atoms with E-state index in [1.807, 2.05) is 13.8 Å². The molecule has 1 fully saturated rings. The van der Waals surface area contributed by atoms with Crippen molar-refractivity contribution in [2.45, 2.75) is 32.7 Å². The zero-order chi connectivity index (χ0) is 29.1. The van der Waals surface area contributed by atoms with Crippen molar-refractivity contribution in [1.29, 1.82) is 0 Å². The SMILES string of the molecule is CC(C)c1ncnc(Cl)c1NC(=O)N=C(c1cc(Cl)c(-c2ccccc2F)nc1Cl)N1CCN(C(=O)O)CC1C. The zero-order valence-electron chi connectivity index (χ0n) is 21.7. The summed E-state index contributed by atoms with van der Waals surface area (Å²) >= 11 is 19.4. The number of halogens is 4. The van der Waals surface area contributed by atoms with Crippen LogP contribution in [0.25, 0.3) is 11.3 Å². The van der Waals surface area contributed by atoms with Crippen molar-refractivity contribution >= 4 is 58.5 Å². The van der Waals surface area contributed by atoms with Crippen LogP contribution in [0.3, 0.4) is 0 Å². The molecule has 1 atom stereocenters. The first-order chi connectivity index (χ1) is 19.0. The maximum atomic E-state index is 14.5. The standard InChI is InChI=1S/C26H25Cl3FN7O3/c1-13(2)19-21(23(29)32-12-31-19)34-25(38)35-24(37-9-8-36(26(39)40)11-14(37)3)16-10-17(27)20(33-22(16)28)15-6-4-5-7-18(15)30/h4-7,10,12-14H,8-9,11H2,1-3H3,(H,34,38)(H,39,40). The van der Waals surface area contributed by atoms with Gasteiger partial charge in [0.05, 0.1) is 22.0 Å². The molecule has 2 N–H and O–H groups in total. The largest absolute Gasteiger partial charge is 0.465 e. The van der Waals surface area contributed by atoms with Crippen LogP contribution < -0.4 is 5.32 Å². The van der Waals surface area contributed by atoms with Crippen LogP contribution in [-0.4, -0.2) is 73.5 Å². The number of pyridine rings is 1. The molecule has 3 heterocycles. The minimum atomic E-state index is -1.06. The Morgan fingerprint density at radius 2 is 1.88 bits per heavy atom. The second-order valence-electron chi connectivity index (χ2n) is 9.35. The molecule has 0 aliphatic carbocycles. The molecule has 0 radical (unpaired) electrons. The second kappa shape index (κ2) is 12.3. The average Bonchev–Trinajstić information content (AvgIpc) is 2.90. The molecule has 1 saturated heterocycles. The van der Waals surface area contributed by atoms with Crippen LogP contribution in [0.4, 0.5) is 19.7 Å². The quantitative estimate of drug-likeness (QED) is 0.151. The van der Waals surface area contributed by atoms with Gasteiger partial charge in [0.2, 0.25) is 0 Å². The van der Waals surface area contributed by atoms with E-state index in [0.717, 1.165) is 0 Å². The van der Waals surface area contributed by atoms with Crippen molar-refractivity contribution < 1.29 is 19.1 Å². The number of hydrogen-bond acceptors (Lipinski definition) is 5. The fraction of sp³-hybridized carbons (Fsp3) is 0.308. The summed E-state index contributed by atoms with van der Waals surface area (Å²) in [5, 5.41) is 12.2. The van der Waals surface area contributed by atoms with Crippen LogP contribution in [0.2, 0.25) is 15.3 Å². The van der Waals surface area contributed by atoms with Crippen LogP contribution in [0.1, 0.15) is 37.9 Å². The number of anilines is 1. The highest BCUT2D eigenvalue weighted by molar-refractivity contribution is 6.37. The number of nitrogens with one attached hydrogen (secondary N) is 1. The average molecular weight is 609 g/mol. The Morgan fingerprint density at radius 1 is 1.15 bits per heavy atom. The van der Waals surface area contributed by atoms with E-state index in [9.17, 15) is 19.1 Å². The Morgan fingerprint density at radius 3 is 2.52 bits per heavy atom. The Kier molecular flexibility index (Phi) is 9.07. The number of carbonyl (C=O) groups is 2. The van der Waals surface area contributed by atoms with E-state index in [1.165, 1.54) is 29.4 Å². The van der Waals surface area contributed by atoms with E-state index in [4.69, 9.17) is 34.8 Å². The Bertz CT molecular complexity index is 1490. The lowest BCUT2D eigenvalue weighted by atomic mass is 10.1. The van der Waals surface area contributed by atoms with Crippen molar-refractivity contribution in [2.75, 3.05) is 25.0 Å². The highest BCUT2D eigenvalue weighted by atomic mass is 35.5. The predicted octanol–water partition coefficient (Wildman–Crippen LogP) is 6.42. The predicted molar refractivity (Wildman–Crippen MR) is 152 cm³/mol. The molecule has 0 spiro atoms. The minimum absolute atomic E-state index is 0.0456. The molecule has 2 aromatic heterocycles. The lowest BCUT2D eigenvalue weighted by Crippen LogP contribution is -2.55. The van der Waals surface area contributed by atoms with Gasteiger partial charge >= 0.3 is 12.1 Å². The summed E-state index contributed by atoms with van der Waals surface area (Å²) in [6.07, 6.45) is 0.246. The van der Waals surface area contributed by atoms with Crippen LogP contribution in [0.5, 0.6) is 0 Å². The van der Waals surface area contributed by atoms with Gasteiger partial charge in [-0.25, -0.2) is 28.9 Å². The van der Waals surface area contributed by atoms with Gasteiger partial charge in [-0.1, -0.05) is 60.8 Å². The number of nitrogens with zero attached hydrogens (tertiary/aromatic N) is 6.